The van der Waals surface area contributed by atoms with E-state index in [2.05, 4.69) is 10.6 Å². The Kier molecular flexibility index (Phi) is 3.67. The van der Waals surface area contributed by atoms with E-state index in [-0.39, 0.29) is 0 Å². The Hall–Kier alpha value is -1.84. The standard InChI is InChI=1S/C10H12N2O2/c1-11-9(13)10(14)12-7-8-5-3-2-4-6-8/h2-6H,7H2,1H3,(H,11,13)(H,12,14). The minimum absolute atomic E-state index is 0.368. The third kappa shape index (κ3) is 2.90. The summed E-state index contributed by atoms with van der Waals surface area (Å²) in [5, 5.41) is 4.75. The van der Waals surface area contributed by atoms with Gasteiger partial charge in [-0.05, 0) is 5.56 Å². The second-order valence-corrected chi connectivity index (χ2v) is 2.75. The third-order valence-electron chi connectivity index (χ3n) is 1.73. The topological polar surface area (TPSA) is 58.2 Å². The van der Waals surface area contributed by atoms with E-state index in [1.807, 2.05) is 30.3 Å². The number of benzene rings is 1. The first-order valence-electron chi connectivity index (χ1n) is 4.28. The number of carbonyl (C=O) groups is 2. The van der Waals surface area contributed by atoms with Crippen LogP contribution in [0.1, 0.15) is 5.56 Å². The van der Waals surface area contributed by atoms with Crippen molar-refractivity contribution in [2.24, 2.45) is 0 Å². The molecule has 0 radical (unpaired) electrons. The van der Waals surface area contributed by atoms with Crippen LogP contribution in [-0.2, 0) is 16.1 Å². The zero-order chi connectivity index (χ0) is 10.4. The zero-order valence-electron chi connectivity index (χ0n) is 7.91. The molecule has 14 heavy (non-hydrogen) atoms. The quantitative estimate of drug-likeness (QED) is 0.650. The Morgan fingerprint density at radius 2 is 1.79 bits per heavy atom. The van der Waals surface area contributed by atoms with Crippen LogP contribution in [-0.4, -0.2) is 18.9 Å². The van der Waals surface area contributed by atoms with Gasteiger partial charge in [-0.3, -0.25) is 9.59 Å². The summed E-state index contributed by atoms with van der Waals surface area (Å²) in [7, 11) is 1.42. The highest BCUT2D eigenvalue weighted by Gasteiger charge is 2.09. The van der Waals surface area contributed by atoms with Gasteiger partial charge >= 0.3 is 11.8 Å². The highest BCUT2D eigenvalue weighted by molar-refractivity contribution is 6.34. The molecule has 0 bridgehead atoms. The number of rotatable bonds is 2. The summed E-state index contributed by atoms with van der Waals surface area (Å²) < 4.78 is 0. The van der Waals surface area contributed by atoms with E-state index >= 15 is 0 Å². The van der Waals surface area contributed by atoms with Gasteiger partial charge in [-0.1, -0.05) is 30.3 Å². The van der Waals surface area contributed by atoms with Crippen LogP contribution in [0.2, 0.25) is 0 Å². The van der Waals surface area contributed by atoms with Gasteiger partial charge in [0.15, 0.2) is 0 Å². The fraction of sp³-hybridized carbons (Fsp3) is 0.200. The Labute approximate surface area is 82.3 Å². The van der Waals surface area contributed by atoms with Gasteiger partial charge in [0.2, 0.25) is 0 Å². The third-order valence-corrected chi connectivity index (χ3v) is 1.73. The summed E-state index contributed by atoms with van der Waals surface area (Å²) >= 11 is 0. The highest BCUT2D eigenvalue weighted by atomic mass is 16.2. The first kappa shape index (κ1) is 10.2. The molecule has 4 heteroatoms. The van der Waals surface area contributed by atoms with Gasteiger partial charge < -0.3 is 10.6 Å². The normalized spacial score (nSPS) is 9.21. The Morgan fingerprint density at radius 3 is 2.36 bits per heavy atom. The largest absolute Gasteiger partial charge is 0.351 e. The minimum atomic E-state index is -0.624. The molecule has 0 aliphatic rings. The second-order valence-electron chi connectivity index (χ2n) is 2.75. The SMILES string of the molecule is CNC(=O)C(=O)NCc1ccccc1. The van der Waals surface area contributed by atoms with Gasteiger partial charge in [0.25, 0.3) is 0 Å². The fourth-order valence-corrected chi connectivity index (χ4v) is 0.972. The predicted molar refractivity (Wildman–Crippen MR) is 52.4 cm³/mol. The second kappa shape index (κ2) is 5.01. The highest BCUT2D eigenvalue weighted by Crippen LogP contribution is 1.96. The van der Waals surface area contributed by atoms with Crippen molar-refractivity contribution >= 4 is 11.8 Å². The van der Waals surface area contributed by atoms with Crippen molar-refractivity contribution < 1.29 is 9.59 Å². The van der Waals surface area contributed by atoms with E-state index in [1.54, 1.807) is 0 Å². The van der Waals surface area contributed by atoms with Gasteiger partial charge in [0.05, 0.1) is 0 Å². The summed E-state index contributed by atoms with van der Waals surface area (Å²) in [5.41, 5.74) is 0.963. The average molecular weight is 192 g/mol. The molecule has 1 rings (SSSR count). The maximum absolute atomic E-state index is 11.0. The molecule has 1 aromatic carbocycles. The van der Waals surface area contributed by atoms with Gasteiger partial charge in [-0.15, -0.1) is 0 Å². The van der Waals surface area contributed by atoms with E-state index < -0.39 is 11.8 Å². The van der Waals surface area contributed by atoms with Crippen molar-refractivity contribution in [3.8, 4) is 0 Å². The Morgan fingerprint density at radius 1 is 1.14 bits per heavy atom. The number of carbonyl (C=O) groups excluding carboxylic acids is 2. The summed E-state index contributed by atoms with van der Waals surface area (Å²) in [6.45, 7) is 0.368. The smallest absolute Gasteiger partial charge is 0.309 e. The molecule has 4 nitrogen and oxygen atoms in total. The van der Waals surface area contributed by atoms with Crippen LogP contribution in [0.15, 0.2) is 30.3 Å². The zero-order valence-corrected chi connectivity index (χ0v) is 7.91. The molecule has 0 aliphatic heterocycles. The molecule has 0 fully saturated rings. The molecule has 74 valence electrons. The molecule has 2 amide bonds. The van der Waals surface area contributed by atoms with Crippen molar-refractivity contribution in [1.29, 1.82) is 0 Å². The molecule has 0 heterocycles. The molecule has 0 atom stereocenters. The van der Waals surface area contributed by atoms with E-state index in [4.69, 9.17) is 0 Å². The predicted octanol–water partition coefficient (Wildman–Crippen LogP) is 0.0488. The lowest BCUT2D eigenvalue weighted by Crippen LogP contribution is -2.37. The van der Waals surface area contributed by atoms with Crippen LogP contribution in [0.5, 0.6) is 0 Å². The Balaban J connectivity index is 2.42. The summed E-state index contributed by atoms with van der Waals surface area (Å²) in [6, 6.07) is 9.40. The van der Waals surface area contributed by atoms with Crippen molar-refractivity contribution in [1.82, 2.24) is 10.6 Å². The molecule has 2 N–H and O–H groups in total. The molecule has 0 saturated carbocycles. The van der Waals surface area contributed by atoms with Gasteiger partial charge in [0.1, 0.15) is 0 Å². The minimum Gasteiger partial charge on any atom is -0.351 e. The molecule has 0 saturated heterocycles. The van der Waals surface area contributed by atoms with Gasteiger partial charge in [-0.2, -0.15) is 0 Å². The van der Waals surface area contributed by atoms with Crippen LogP contribution in [0.25, 0.3) is 0 Å². The average Bonchev–Trinajstić information content (AvgIpc) is 2.26. The molecular formula is C10H12N2O2. The summed E-state index contributed by atoms with van der Waals surface area (Å²) in [6.07, 6.45) is 0. The lowest BCUT2D eigenvalue weighted by molar-refractivity contribution is -0.139. The maximum atomic E-state index is 11.0. The molecule has 0 aromatic heterocycles. The lowest BCUT2D eigenvalue weighted by Gasteiger charge is -2.03. The number of likely N-dealkylation sites (N-methyl/N-ethyl adjacent to an activating group) is 1. The van der Waals surface area contributed by atoms with Crippen molar-refractivity contribution in [3.63, 3.8) is 0 Å². The van der Waals surface area contributed by atoms with E-state index in [9.17, 15) is 9.59 Å². The summed E-state index contributed by atoms with van der Waals surface area (Å²) in [4.78, 5) is 21.8. The van der Waals surface area contributed by atoms with Crippen LogP contribution < -0.4 is 10.6 Å². The van der Waals surface area contributed by atoms with Gasteiger partial charge in [0, 0.05) is 13.6 Å². The molecule has 0 aliphatic carbocycles. The lowest BCUT2D eigenvalue weighted by atomic mass is 10.2. The number of hydrogen-bond acceptors (Lipinski definition) is 2. The number of amides is 2. The molecule has 0 spiro atoms. The monoisotopic (exact) mass is 192 g/mol. The van der Waals surface area contributed by atoms with Crippen LogP contribution in [0.3, 0.4) is 0 Å². The molecule has 0 unspecified atom stereocenters. The van der Waals surface area contributed by atoms with E-state index in [0.29, 0.717) is 6.54 Å². The Bertz CT molecular complexity index is 322. The molecule has 1 aromatic rings. The van der Waals surface area contributed by atoms with Gasteiger partial charge in [-0.25, -0.2) is 0 Å². The van der Waals surface area contributed by atoms with E-state index in [1.165, 1.54) is 7.05 Å². The first-order chi connectivity index (χ1) is 6.74. The van der Waals surface area contributed by atoms with Crippen molar-refractivity contribution in [2.75, 3.05) is 7.05 Å². The summed E-state index contributed by atoms with van der Waals surface area (Å²) in [5.74, 6) is -1.24. The fourth-order valence-electron chi connectivity index (χ4n) is 0.972. The van der Waals surface area contributed by atoms with Crippen LogP contribution in [0, 0.1) is 0 Å². The van der Waals surface area contributed by atoms with Crippen LogP contribution in [0.4, 0.5) is 0 Å². The number of nitrogens with one attached hydrogen (secondary N) is 2. The maximum Gasteiger partial charge on any atom is 0.309 e. The number of hydrogen-bond donors (Lipinski definition) is 2. The van der Waals surface area contributed by atoms with Crippen molar-refractivity contribution in [2.45, 2.75) is 6.54 Å². The van der Waals surface area contributed by atoms with Crippen molar-refractivity contribution in [3.05, 3.63) is 35.9 Å². The van der Waals surface area contributed by atoms with E-state index in [0.717, 1.165) is 5.56 Å². The molecular weight excluding hydrogens is 180 g/mol. The first-order valence-corrected chi connectivity index (χ1v) is 4.28. The van der Waals surface area contributed by atoms with Crippen LogP contribution >= 0.6 is 0 Å².